The highest BCUT2D eigenvalue weighted by atomic mass is 16.1. The maximum Gasteiger partial charge on any atom is 0.140 e. The highest BCUT2D eigenvalue weighted by Gasteiger charge is 2.22. The van der Waals surface area contributed by atoms with E-state index in [4.69, 9.17) is 0 Å². The van der Waals surface area contributed by atoms with E-state index in [0.717, 1.165) is 19.3 Å². The van der Waals surface area contributed by atoms with Gasteiger partial charge in [-0.05, 0) is 26.2 Å². The molecule has 0 radical (unpaired) electrons. The lowest BCUT2D eigenvalue weighted by Gasteiger charge is -2.17. The number of rotatable bonds is 6. The van der Waals surface area contributed by atoms with Crippen molar-refractivity contribution in [2.24, 2.45) is 11.8 Å². The highest BCUT2D eigenvalue weighted by molar-refractivity contribution is 6.00. The van der Waals surface area contributed by atoms with Crippen LogP contribution in [0.3, 0.4) is 0 Å². The molecule has 0 heterocycles. The summed E-state index contributed by atoms with van der Waals surface area (Å²) < 4.78 is 0. The summed E-state index contributed by atoms with van der Waals surface area (Å²) in [6, 6.07) is 0. The van der Waals surface area contributed by atoms with Gasteiger partial charge in [-0.25, -0.2) is 0 Å². The van der Waals surface area contributed by atoms with Crippen LogP contribution in [0.25, 0.3) is 0 Å². The van der Waals surface area contributed by atoms with E-state index in [-0.39, 0.29) is 17.5 Å². The van der Waals surface area contributed by atoms with Crippen molar-refractivity contribution in [1.82, 2.24) is 0 Å². The molecule has 0 aromatic carbocycles. The summed E-state index contributed by atoms with van der Waals surface area (Å²) in [4.78, 5) is 22.3. The van der Waals surface area contributed by atoms with Crippen molar-refractivity contribution in [2.45, 2.75) is 47.0 Å². The summed E-state index contributed by atoms with van der Waals surface area (Å²) in [5.74, 6) is 0.182. The zero-order valence-electron chi connectivity index (χ0n) is 9.09. The van der Waals surface area contributed by atoms with Crippen LogP contribution in [0, 0.1) is 11.8 Å². The molecular formula is C11H20O2. The molecule has 2 heteroatoms. The minimum Gasteiger partial charge on any atom is -0.299 e. The van der Waals surface area contributed by atoms with Crippen molar-refractivity contribution >= 4 is 11.6 Å². The highest BCUT2D eigenvalue weighted by Crippen LogP contribution is 2.20. The van der Waals surface area contributed by atoms with Gasteiger partial charge in [0.2, 0.25) is 0 Å². The second kappa shape index (κ2) is 5.90. The van der Waals surface area contributed by atoms with Crippen LogP contribution >= 0.6 is 0 Å². The molecule has 76 valence electrons. The molecule has 0 amide bonds. The van der Waals surface area contributed by atoms with Gasteiger partial charge < -0.3 is 0 Å². The number of carbonyl (C=O) groups is 2. The minimum absolute atomic E-state index is 0.0133. The molecule has 0 atom stereocenters. The van der Waals surface area contributed by atoms with Crippen molar-refractivity contribution in [3.63, 3.8) is 0 Å². The quantitative estimate of drug-likeness (QED) is 0.595. The smallest absolute Gasteiger partial charge is 0.140 e. The van der Waals surface area contributed by atoms with Gasteiger partial charge in [0.1, 0.15) is 11.6 Å². The van der Waals surface area contributed by atoms with Crippen LogP contribution in [0.4, 0.5) is 0 Å². The monoisotopic (exact) mass is 184 g/mol. The number of ketones is 2. The Labute approximate surface area is 80.7 Å². The van der Waals surface area contributed by atoms with Crippen LogP contribution in [0.5, 0.6) is 0 Å². The van der Waals surface area contributed by atoms with Crippen LogP contribution in [0.1, 0.15) is 47.0 Å². The second-order valence-electron chi connectivity index (χ2n) is 3.69. The molecule has 0 aliphatic rings. The Kier molecular flexibility index (Phi) is 5.60. The topological polar surface area (TPSA) is 34.1 Å². The van der Waals surface area contributed by atoms with Crippen LogP contribution in [-0.2, 0) is 9.59 Å². The Hall–Kier alpha value is -0.660. The van der Waals surface area contributed by atoms with Gasteiger partial charge in [-0.2, -0.15) is 0 Å². The minimum atomic E-state index is -0.357. The number of hydrogen-bond acceptors (Lipinski definition) is 2. The van der Waals surface area contributed by atoms with Gasteiger partial charge in [-0.15, -0.1) is 0 Å². The lowest BCUT2D eigenvalue weighted by Crippen LogP contribution is -2.22. The van der Waals surface area contributed by atoms with Gasteiger partial charge in [-0.3, -0.25) is 9.59 Å². The zero-order valence-corrected chi connectivity index (χ0v) is 9.09. The Morgan fingerprint density at radius 1 is 1.00 bits per heavy atom. The second-order valence-corrected chi connectivity index (χ2v) is 3.69. The largest absolute Gasteiger partial charge is 0.299 e. The molecule has 0 aromatic heterocycles. The molecule has 0 unspecified atom stereocenters. The SMILES string of the molecule is CCC(CC)CC(C(C)=O)C(C)=O. The van der Waals surface area contributed by atoms with Crippen LogP contribution < -0.4 is 0 Å². The zero-order chi connectivity index (χ0) is 10.4. The summed E-state index contributed by atoms with van der Waals surface area (Å²) in [6.07, 6.45) is 2.83. The van der Waals surface area contributed by atoms with E-state index in [0.29, 0.717) is 5.92 Å². The van der Waals surface area contributed by atoms with Gasteiger partial charge in [0.15, 0.2) is 0 Å². The average Bonchev–Trinajstić information content (AvgIpc) is 2.05. The number of carbonyl (C=O) groups excluding carboxylic acids is 2. The van der Waals surface area contributed by atoms with Crippen molar-refractivity contribution < 1.29 is 9.59 Å². The molecule has 0 saturated carbocycles. The van der Waals surface area contributed by atoms with E-state index in [1.54, 1.807) is 0 Å². The number of hydrogen-bond donors (Lipinski definition) is 0. The third-order valence-corrected chi connectivity index (χ3v) is 2.71. The molecule has 0 aliphatic heterocycles. The van der Waals surface area contributed by atoms with Crippen molar-refractivity contribution in [3.8, 4) is 0 Å². The van der Waals surface area contributed by atoms with E-state index < -0.39 is 0 Å². The van der Waals surface area contributed by atoms with Crippen LogP contribution in [0.15, 0.2) is 0 Å². The maximum atomic E-state index is 11.1. The van der Waals surface area contributed by atoms with Gasteiger partial charge >= 0.3 is 0 Å². The van der Waals surface area contributed by atoms with Crippen LogP contribution in [0.2, 0.25) is 0 Å². The van der Waals surface area contributed by atoms with E-state index in [1.807, 2.05) is 0 Å². The Morgan fingerprint density at radius 3 is 1.62 bits per heavy atom. The van der Waals surface area contributed by atoms with E-state index in [2.05, 4.69) is 13.8 Å². The van der Waals surface area contributed by atoms with Crippen molar-refractivity contribution in [1.29, 1.82) is 0 Å². The fourth-order valence-corrected chi connectivity index (χ4v) is 1.57. The standard InChI is InChI=1S/C11H20O2/c1-5-10(6-2)7-11(8(3)12)9(4)13/h10-11H,5-7H2,1-4H3. The molecule has 0 N–H and O–H groups in total. The predicted molar refractivity (Wildman–Crippen MR) is 53.5 cm³/mol. The average molecular weight is 184 g/mol. The van der Waals surface area contributed by atoms with Crippen molar-refractivity contribution in [2.75, 3.05) is 0 Å². The predicted octanol–water partition coefficient (Wildman–Crippen LogP) is 2.61. The first-order chi connectivity index (χ1) is 6.02. The molecular weight excluding hydrogens is 164 g/mol. The lowest BCUT2D eigenvalue weighted by atomic mass is 9.86. The summed E-state index contributed by atoms with van der Waals surface area (Å²) in [7, 11) is 0. The first kappa shape index (κ1) is 12.3. The summed E-state index contributed by atoms with van der Waals surface area (Å²) in [5, 5.41) is 0. The van der Waals surface area contributed by atoms with E-state index in [9.17, 15) is 9.59 Å². The molecule has 0 bridgehead atoms. The summed E-state index contributed by atoms with van der Waals surface area (Å²) >= 11 is 0. The Balaban J connectivity index is 4.24. The van der Waals surface area contributed by atoms with Gasteiger partial charge in [-0.1, -0.05) is 26.7 Å². The molecule has 0 saturated heterocycles. The van der Waals surface area contributed by atoms with Gasteiger partial charge in [0.25, 0.3) is 0 Å². The Morgan fingerprint density at radius 2 is 1.38 bits per heavy atom. The fourth-order valence-electron chi connectivity index (χ4n) is 1.57. The molecule has 2 nitrogen and oxygen atoms in total. The third kappa shape index (κ3) is 4.20. The molecule has 0 rings (SSSR count). The Bertz CT molecular complexity index is 167. The van der Waals surface area contributed by atoms with Gasteiger partial charge in [0.05, 0.1) is 5.92 Å². The molecule has 0 aliphatic carbocycles. The fraction of sp³-hybridized carbons (Fsp3) is 0.818. The third-order valence-electron chi connectivity index (χ3n) is 2.71. The summed E-state index contributed by atoms with van der Waals surface area (Å²) in [6.45, 7) is 7.22. The molecule has 0 fully saturated rings. The summed E-state index contributed by atoms with van der Waals surface area (Å²) in [5.41, 5.74) is 0. The number of Topliss-reactive ketones (excluding diaryl/α,β-unsaturated/α-hetero) is 2. The van der Waals surface area contributed by atoms with E-state index >= 15 is 0 Å². The van der Waals surface area contributed by atoms with Crippen LogP contribution in [-0.4, -0.2) is 11.6 Å². The molecule has 13 heavy (non-hydrogen) atoms. The van der Waals surface area contributed by atoms with Gasteiger partial charge in [0, 0.05) is 0 Å². The van der Waals surface area contributed by atoms with E-state index in [1.165, 1.54) is 13.8 Å². The maximum absolute atomic E-state index is 11.1. The lowest BCUT2D eigenvalue weighted by molar-refractivity contribution is -0.131. The van der Waals surface area contributed by atoms with Crippen molar-refractivity contribution in [3.05, 3.63) is 0 Å². The normalized spacial score (nSPS) is 10.9. The first-order valence-electron chi connectivity index (χ1n) is 5.03. The first-order valence-corrected chi connectivity index (χ1v) is 5.03. The molecule has 0 spiro atoms. The molecule has 0 aromatic rings.